The third-order valence-corrected chi connectivity index (χ3v) is 2.11. The standard InChI is InChI=1S/C10H16O5/c1-3-13-10(12)9(15-7(2)11)8-5-4-6-14-8/h8-9H,3-6H2,1-2H3/t8-,9-/m1/s1. The highest BCUT2D eigenvalue weighted by atomic mass is 16.6. The zero-order valence-electron chi connectivity index (χ0n) is 9.02. The second-order valence-corrected chi connectivity index (χ2v) is 3.33. The fraction of sp³-hybridized carbons (Fsp3) is 0.800. The summed E-state index contributed by atoms with van der Waals surface area (Å²) in [6, 6.07) is 0. The van der Waals surface area contributed by atoms with Gasteiger partial charge in [0.05, 0.1) is 6.61 Å². The zero-order valence-corrected chi connectivity index (χ0v) is 9.02. The van der Waals surface area contributed by atoms with Gasteiger partial charge in [0, 0.05) is 13.5 Å². The van der Waals surface area contributed by atoms with Crippen LogP contribution >= 0.6 is 0 Å². The molecule has 0 saturated carbocycles. The van der Waals surface area contributed by atoms with E-state index < -0.39 is 18.0 Å². The van der Waals surface area contributed by atoms with Crippen LogP contribution in [0.1, 0.15) is 26.7 Å². The lowest BCUT2D eigenvalue weighted by molar-refractivity contribution is -0.174. The first kappa shape index (κ1) is 12.0. The lowest BCUT2D eigenvalue weighted by Crippen LogP contribution is -2.38. The van der Waals surface area contributed by atoms with Gasteiger partial charge < -0.3 is 14.2 Å². The van der Waals surface area contributed by atoms with Crippen molar-refractivity contribution in [2.45, 2.75) is 38.9 Å². The van der Waals surface area contributed by atoms with Gasteiger partial charge in [-0.3, -0.25) is 4.79 Å². The molecule has 15 heavy (non-hydrogen) atoms. The van der Waals surface area contributed by atoms with Crippen molar-refractivity contribution in [3.05, 3.63) is 0 Å². The molecule has 2 atom stereocenters. The highest BCUT2D eigenvalue weighted by molar-refractivity contribution is 5.79. The van der Waals surface area contributed by atoms with E-state index in [4.69, 9.17) is 14.2 Å². The SMILES string of the molecule is CCOC(=O)[C@H](OC(C)=O)[C@H]1CCCO1. The van der Waals surface area contributed by atoms with E-state index in [1.165, 1.54) is 6.92 Å². The first-order valence-electron chi connectivity index (χ1n) is 5.10. The number of rotatable bonds is 4. The van der Waals surface area contributed by atoms with Crippen LogP contribution in [0.2, 0.25) is 0 Å². The maximum Gasteiger partial charge on any atom is 0.350 e. The number of hydrogen-bond donors (Lipinski definition) is 0. The van der Waals surface area contributed by atoms with E-state index >= 15 is 0 Å². The summed E-state index contributed by atoms with van der Waals surface area (Å²) in [6.07, 6.45) is 0.330. The van der Waals surface area contributed by atoms with Crippen LogP contribution in [-0.4, -0.2) is 37.4 Å². The van der Waals surface area contributed by atoms with Gasteiger partial charge in [0.15, 0.2) is 0 Å². The fourth-order valence-corrected chi connectivity index (χ4v) is 1.52. The lowest BCUT2D eigenvalue weighted by Gasteiger charge is -2.20. The Morgan fingerprint density at radius 1 is 1.53 bits per heavy atom. The zero-order chi connectivity index (χ0) is 11.3. The van der Waals surface area contributed by atoms with Crippen molar-refractivity contribution in [1.82, 2.24) is 0 Å². The Morgan fingerprint density at radius 3 is 2.73 bits per heavy atom. The molecule has 5 heteroatoms. The molecule has 0 unspecified atom stereocenters. The third-order valence-electron chi connectivity index (χ3n) is 2.11. The van der Waals surface area contributed by atoms with Gasteiger partial charge in [0.1, 0.15) is 6.10 Å². The number of carbonyl (C=O) groups is 2. The van der Waals surface area contributed by atoms with Crippen molar-refractivity contribution in [2.75, 3.05) is 13.2 Å². The number of ether oxygens (including phenoxy) is 3. The van der Waals surface area contributed by atoms with Gasteiger partial charge in [-0.05, 0) is 19.8 Å². The van der Waals surface area contributed by atoms with Crippen LogP contribution in [0.15, 0.2) is 0 Å². The van der Waals surface area contributed by atoms with Gasteiger partial charge in [0.2, 0.25) is 6.10 Å². The van der Waals surface area contributed by atoms with Crippen LogP contribution in [0.25, 0.3) is 0 Å². The number of esters is 2. The Morgan fingerprint density at radius 2 is 2.27 bits per heavy atom. The van der Waals surface area contributed by atoms with E-state index in [0.29, 0.717) is 6.61 Å². The molecule has 0 bridgehead atoms. The monoisotopic (exact) mass is 216 g/mol. The quantitative estimate of drug-likeness (QED) is 0.646. The van der Waals surface area contributed by atoms with Crippen LogP contribution in [0, 0.1) is 0 Å². The first-order valence-corrected chi connectivity index (χ1v) is 5.10. The van der Waals surface area contributed by atoms with E-state index in [2.05, 4.69) is 0 Å². The molecule has 0 aromatic rings. The van der Waals surface area contributed by atoms with Crippen molar-refractivity contribution in [1.29, 1.82) is 0 Å². The van der Waals surface area contributed by atoms with Crippen molar-refractivity contribution < 1.29 is 23.8 Å². The van der Waals surface area contributed by atoms with Crippen LogP contribution in [0.5, 0.6) is 0 Å². The Bertz CT molecular complexity index is 232. The predicted octanol–water partition coefficient (Wildman–Crippen LogP) is 0.660. The van der Waals surface area contributed by atoms with Gasteiger partial charge in [-0.1, -0.05) is 0 Å². The maximum atomic E-state index is 11.5. The van der Waals surface area contributed by atoms with Gasteiger partial charge >= 0.3 is 11.9 Å². The molecule has 5 nitrogen and oxygen atoms in total. The number of hydrogen-bond acceptors (Lipinski definition) is 5. The van der Waals surface area contributed by atoms with E-state index in [9.17, 15) is 9.59 Å². The Balaban J connectivity index is 2.58. The summed E-state index contributed by atoms with van der Waals surface area (Å²) >= 11 is 0. The summed E-state index contributed by atoms with van der Waals surface area (Å²) in [5, 5.41) is 0. The molecule has 0 N–H and O–H groups in total. The summed E-state index contributed by atoms with van der Waals surface area (Å²) in [4.78, 5) is 22.3. The first-order chi connectivity index (χ1) is 7.15. The van der Waals surface area contributed by atoms with Crippen molar-refractivity contribution in [2.24, 2.45) is 0 Å². The van der Waals surface area contributed by atoms with Crippen molar-refractivity contribution >= 4 is 11.9 Å². The fourth-order valence-electron chi connectivity index (χ4n) is 1.52. The summed E-state index contributed by atoms with van der Waals surface area (Å²) in [5.74, 6) is -1.02. The molecule has 1 fully saturated rings. The molecular formula is C10H16O5. The van der Waals surface area contributed by atoms with Gasteiger partial charge in [-0.2, -0.15) is 0 Å². The van der Waals surface area contributed by atoms with E-state index in [1.54, 1.807) is 6.92 Å². The molecule has 0 aromatic carbocycles. The molecule has 1 aliphatic heterocycles. The van der Waals surface area contributed by atoms with Gasteiger partial charge in [-0.15, -0.1) is 0 Å². The summed E-state index contributed by atoms with van der Waals surface area (Å²) in [6.45, 7) is 3.84. The minimum Gasteiger partial charge on any atom is -0.463 e. The lowest BCUT2D eigenvalue weighted by atomic mass is 10.1. The molecule has 0 spiro atoms. The molecule has 1 saturated heterocycles. The van der Waals surface area contributed by atoms with Crippen molar-refractivity contribution in [3.63, 3.8) is 0 Å². The topological polar surface area (TPSA) is 61.8 Å². The van der Waals surface area contributed by atoms with Crippen LogP contribution in [-0.2, 0) is 23.8 Å². The van der Waals surface area contributed by atoms with E-state index in [0.717, 1.165) is 12.8 Å². The summed E-state index contributed by atoms with van der Waals surface area (Å²) in [5.41, 5.74) is 0. The second-order valence-electron chi connectivity index (χ2n) is 3.33. The molecule has 0 aromatic heterocycles. The van der Waals surface area contributed by atoms with Crippen molar-refractivity contribution in [3.8, 4) is 0 Å². The molecular weight excluding hydrogens is 200 g/mol. The van der Waals surface area contributed by atoms with Crippen LogP contribution < -0.4 is 0 Å². The highest BCUT2D eigenvalue weighted by Gasteiger charge is 2.35. The minimum absolute atomic E-state index is 0.267. The van der Waals surface area contributed by atoms with Gasteiger partial charge in [-0.25, -0.2) is 4.79 Å². The molecule has 1 aliphatic rings. The average Bonchev–Trinajstić information content (AvgIpc) is 2.66. The van der Waals surface area contributed by atoms with E-state index in [1.807, 2.05) is 0 Å². The molecule has 86 valence electrons. The minimum atomic E-state index is -0.912. The Hall–Kier alpha value is -1.10. The smallest absolute Gasteiger partial charge is 0.350 e. The Kier molecular flexibility index (Phi) is 4.55. The third kappa shape index (κ3) is 3.51. The second kappa shape index (κ2) is 5.70. The molecule has 1 heterocycles. The highest BCUT2D eigenvalue weighted by Crippen LogP contribution is 2.19. The summed E-state index contributed by atoms with van der Waals surface area (Å²) < 4.78 is 15.0. The summed E-state index contributed by atoms with van der Waals surface area (Å²) in [7, 11) is 0. The molecule has 0 aliphatic carbocycles. The normalized spacial score (nSPS) is 22.1. The average molecular weight is 216 g/mol. The largest absolute Gasteiger partial charge is 0.463 e. The molecule has 0 amide bonds. The number of carbonyl (C=O) groups excluding carboxylic acids is 2. The van der Waals surface area contributed by atoms with E-state index in [-0.39, 0.29) is 12.7 Å². The predicted molar refractivity (Wildman–Crippen MR) is 51.2 cm³/mol. The molecule has 1 rings (SSSR count). The van der Waals surface area contributed by atoms with Crippen LogP contribution in [0.4, 0.5) is 0 Å². The maximum absolute atomic E-state index is 11.5. The Labute approximate surface area is 88.7 Å². The van der Waals surface area contributed by atoms with Gasteiger partial charge in [0.25, 0.3) is 0 Å². The molecule has 0 radical (unpaired) electrons. The van der Waals surface area contributed by atoms with Crippen LogP contribution in [0.3, 0.4) is 0 Å².